The number of rotatable bonds is 6. The Morgan fingerprint density at radius 2 is 1.88 bits per heavy atom. The van der Waals surface area contributed by atoms with Crippen molar-refractivity contribution >= 4 is 9.84 Å². The molecule has 0 unspecified atom stereocenters. The second kappa shape index (κ2) is 5.98. The van der Waals surface area contributed by atoms with Gasteiger partial charge in [0.2, 0.25) is 0 Å². The molecule has 1 aliphatic carbocycles. The first-order chi connectivity index (χ1) is 7.47. The molecule has 0 bridgehead atoms. The Hall–Kier alpha value is -0.130. The van der Waals surface area contributed by atoms with Crippen LogP contribution in [0.25, 0.3) is 0 Å². The molecule has 2 N–H and O–H groups in total. The highest BCUT2D eigenvalue weighted by Gasteiger charge is 2.28. The van der Waals surface area contributed by atoms with Gasteiger partial charge in [-0.2, -0.15) is 0 Å². The SMILES string of the molecule is CCS(=O)(=O)CCNCC1(O)CCCCC1. The van der Waals surface area contributed by atoms with Gasteiger partial charge in [-0.25, -0.2) is 8.42 Å². The minimum atomic E-state index is -2.89. The molecule has 0 heterocycles. The molecule has 1 fully saturated rings. The van der Waals surface area contributed by atoms with Crippen LogP contribution in [0.5, 0.6) is 0 Å². The Balaban J connectivity index is 2.20. The smallest absolute Gasteiger partial charge is 0.151 e. The van der Waals surface area contributed by atoms with Crippen molar-refractivity contribution in [2.24, 2.45) is 0 Å². The van der Waals surface area contributed by atoms with Gasteiger partial charge in [0.25, 0.3) is 0 Å². The number of aliphatic hydroxyl groups is 1. The monoisotopic (exact) mass is 249 g/mol. The molecule has 0 radical (unpaired) electrons. The fraction of sp³-hybridized carbons (Fsp3) is 1.00. The molecule has 5 heteroatoms. The summed E-state index contributed by atoms with van der Waals surface area (Å²) in [6.45, 7) is 2.62. The van der Waals surface area contributed by atoms with Crippen LogP contribution in [-0.2, 0) is 9.84 Å². The molecule has 1 rings (SSSR count). The van der Waals surface area contributed by atoms with Crippen molar-refractivity contribution in [1.82, 2.24) is 5.32 Å². The van der Waals surface area contributed by atoms with E-state index in [9.17, 15) is 13.5 Å². The lowest BCUT2D eigenvalue weighted by Gasteiger charge is -2.32. The molecule has 0 aliphatic heterocycles. The number of hydrogen-bond acceptors (Lipinski definition) is 4. The van der Waals surface area contributed by atoms with E-state index >= 15 is 0 Å². The number of sulfone groups is 1. The number of hydrogen-bond donors (Lipinski definition) is 2. The third-order valence-corrected chi connectivity index (χ3v) is 4.97. The molecule has 0 spiro atoms. The van der Waals surface area contributed by atoms with Gasteiger partial charge in [-0.15, -0.1) is 0 Å². The van der Waals surface area contributed by atoms with E-state index in [2.05, 4.69) is 5.32 Å². The van der Waals surface area contributed by atoms with Gasteiger partial charge in [-0.05, 0) is 12.8 Å². The first kappa shape index (κ1) is 13.9. The van der Waals surface area contributed by atoms with E-state index in [0.29, 0.717) is 13.1 Å². The van der Waals surface area contributed by atoms with Gasteiger partial charge >= 0.3 is 0 Å². The predicted molar refractivity (Wildman–Crippen MR) is 65.2 cm³/mol. The van der Waals surface area contributed by atoms with Crippen molar-refractivity contribution in [3.8, 4) is 0 Å². The highest BCUT2D eigenvalue weighted by atomic mass is 32.2. The summed E-state index contributed by atoms with van der Waals surface area (Å²) in [5, 5.41) is 13.2. The average Bonchev–Trinajstić information content (AvgIpc) is 2.26. The van der Waals surface area contributed by atoms with E-state index in [0.717, 1.165) is 25.7 Å². The zero-order chi connectivity index (χ0) is 12.1. The van der Waals surface area contributed by atoms with E-state index < -0.39 is 15.4 Å². The molecule has 16 heavy (non-hydrogen) atoms. The second-order valence-electron chi connectivity index (χ2n) is 4.70. The zero-order valence-corrected chi connectivity index (χ0v) is 10.9. The normalized spacial score (nSPS) is 20.9. The topological polar surface area (TPSA) is 66.4 Å². The summed E-state index contributed by atoms with van der Waals surface area (Å²) in [5.41, 5.74) is -0.603. The highest BCUT2D eigenvalue weighted by molar-refractivity contribution is 7.91. The first-order valence-corrected chi connectivity index (χ1v) is 7.93. The molecule has 0 aromatic carbocycles. The van der Waals surface area contributed by atoms with Crippen LogP contribution in [0.15, 0.2) is 0 Å². The Labute approximate surface area is 98.4 Å². The van der Waals surface area contributed by atoms with Crippen molar-refractivity contribution in [2.75, 3.05) is 24.6 Å². The number of nitrogens with one attached hydrogen (secondary N) is 1. The lowest BCUT2D eigenvalue weighted by Crippen LogP contribution is -2.43. The molecule has 1 aliphatic rings. The average molecular weight is 249 g/mol. The Morgan fingerprint density at radius 1 is 1.25 bits per heavy atom. The van der Waals surface area contributed by atoms with Gasteiger partial charge < -0.3 is 10.4 Å². The zero-order valence-electron chi connectivity index (χ0n) is 10.0. The van der Waals surface area contributed by atoms with Gasteiger partial charge in [0.05, 0.1) is 11.4 Å². The van der Waals surface area contributed by atoms with E-state index in [1.54, 1.807) is 6.92 Å². The summed E-state index contributed by atoms with van der Waals surface area (Å²) in [7, 11) is -2.89. The van der Waals surface area contributed by atoms with Crippen LogP contribution in [0.2, 0.25) is 0 Å². The second-order valence-corrected chi connectivity index (χ2v) is 7.17. The van der Waals surface area contributed by atoms with Crippen LogP contribution in [-0.4, -0.2) is 43.7 Å². The van der Waals surface area contributed by atoms with Crippen molar-refractivity contribution in [3.05, 3.63) is 0 Å². The molecule has 0 atom stereocenters. The standard InChI is InChI=1S/C11H23NO3S/c1-2-16(14,15)9-8-12-10-11(13)6-4-3-5-7-11/h12-13H,2-10H2,1H3. The molecule has 96 valence electrons. The maximum atomic E-state index is 11.2. The van der Waals surface area contributed by atoms with E-state index in [4.69, 9.17) is 0 Å². The molecule has 0 amide bonds. The molecular weight excluding hydrogens is 226 g/mol. The lowest BCUT2D eigenvalue weighted by molar-refractivity contribution is 0.00543. The molecule has 0 aromatic heterocycles. The Morgan fingerprint density at radius 3 is 2.44 bits per heavy atom. The molecular formula is C11H23NO3S. The fourth-order valence-electron chi connectivity index (χ4n) is 2.08. The maximum absolute atomic E-state index is 11.2. The van der Waals surface area contributed by atoms with Crippen molar-refractivity contribution in [3.63, 3.8) is 0 Å². The van der Waals surface area contributed by atoms with Gasteiger partial charge in [0.15, 0.2) is 9.84 Å². The van der Waals surface area contributed by atoms with Gasteiger partial charge in [-0.3, -0.25) is 0 Å². The highest BCUT2D eigenvalue weighted by Crippen LogP contribution is 2.27. The van der Waals surface area contributed by atoms with Crippen molar-refractivity contribution in [1.29, 1.82) is 0 Å². The molecule has 0 aromatic rings. The molecule has 0 saturated heterocycles. The Kier molecular flexibility index (Phi) is 5.21. The van der Waals surface area contributed by atoms with Crippen LogP contribution in [0.1, 0.15) is 39.0 Å². The summed E-state index contributed by atoms with van der Waals surface area (Å²) in [5.74, 6) is 0.360. The lowest BCUT2D eigenvalue weighted by atomic mass is 9.85. The largest absolute Gasteiger partial charge is 0.389 e. The van der Waals surface area contributed by atoms with Crippen LogP contribution in [0.3, 0.4) is 0 Å². The minimum absolute atomic E-state index is 0.166. The first-order valence-electron chi connectivity index (χ1n) is 6.11. The maximum Gasteiger partial charge on any atom is 0.151 e. The van der Waals surface area contributed by atoms with Crippen LogP contribution >= 0.6 is 0 Å². The quantitative estimate of drug-likeness (QED) is 0.680. The fourth-order valence-corrected chi connectivity index (χ4v) is 2.82. The molecule has 4 nitrogen and oxygen atoms in total. The summed E-state index contributed by atoms with van der Waals surface area (Å²) >= 11 is 0. The third kappa shape index (κ3) is 4.80. The summed E-state index contributed by atoms with van der Waals surface area (Å²) in [6.07, 6.45) is 5.02. The minimum Gasteiger partial charge on any atom is -0.389 e. The van der Waals surface area contributed by atoms with Crippen LogP contribution in [0.4, 0.5) is 0 Å². The van der Waals surface area contributed by atoms with Crippen LogP contribution < -0.4 is 5.32 Å². The summed E-state index contributed by atoms with van der Waals surface area (Å²) in [6, 6.07) is 0. The predicted octanol–water partition coefficient (Wildman–Crippen LogP) is 0.706. The third-order valence-electron chi connectivity index (χ3n) is 3.27. The van der Waals surface area contributed by atoms with Gasteiger partial charge in [-0.1, -0.05) is 26.2 Å². The summed E-state index contributed by atoms with van der Waals surface area (Å²) < 4.78 is 22.5. The Bertz CT molecular complexity index is 294. The van der Waals surface area contributed by atoms with E-state index in [1.807, 2.05) is 0 Å². The van der Waals surface area contributed by atoms with Gasteiger partial charge in [0, 0.05) is 18.8 Å². The van der Waals surface area contributed by atoms with Crippen molar-refractivity contribution < 1.29 is 13.5 Å². The van der Waals surface area contributed by atoms with E-state index in [-0.39, 0.29) is 11.5 Å². The summed E-state index contributed by atoms with van der Waals surface area (Å²) in [4.78, 5) is 0. The van der Waals surface area contributed by atoms with Crippen molar-refractivity contribution in [2.45, 2.75) is 44.6 Å². The molecule has 1 saturated carbocycles. The van der Waals surface area contributed by atoms with Crippen LogP contribution in [0, 0.1) is 0 Å². The van der Waals surface area contributed by atoms with E-state index in [1.165, 1.54) is 6.42 Å². The van der Waals surface area contributed by atoms with Gasteiger partial charge in [0.1, 0.15) is 0 Å².